The number of ether oxygens (including phenoxy) is 1. The van der Waals surface area contributed by atoms with Crippen LogP contribution in [-0.2, 0) is 4.84 Å². The molecular weight excluding hydrogens is 384 g/mol. The molecule has 154 valence electrons. The first kappa shape index (κ1) is 18.5. The predicted octanol–water partition coefficient (Wildman–Crippen LogP) is 2.34. The molecule has 1 fully saturated rings. The van der Waals surface area contributed by atoms with Gasteiger partial charge in [0.2, 0.25) is 5.95 Å². The number of aromatic nitrogens is 5. The lowest BCUT2D eigenvalue weighted by atomic mass is 10.1. The Morgan fingerprint density at radius 2 is 1.80 bits per heavy atom. The Kier molecular flexibility index (Phi) is 4.77. The molecule has 0 atom stereocenters. The molecule has 1 aliphatic heterocycles. The molecule has 1 aromatic carbocycles. The molecular formula is C20H22N8O2. The number of hydroxylamine groups is 2. The molecule has 0 bridgehead atoms. The lowest BCUT2D eigenvalue weighted by Crippen LogP contribution is -2.46. The summed E-state index contributed by atoms with van der Waals surface area (Å²) in [7, 11) is 3.35. The molecule has 0 amide bonds. The van der Waals surface area contributed by atoms with Crippen molar-refractivity contribution in [3.05, 3.63) is 36.8 Å². The summed E-state index contributed by atoms with van der Waals surface area (Å²) in [6.07, 6.45) is 5.34. The molecule has 0 unspecified atom stereocenters. The highest BCUT2D eigenvalue weighted by Crippen LogP contribution is 2.31. The minimum Gasteiger partial charge on any atom is -0.497 e. The summed E-state index contributed by atoms with van der Waals surface area (Å²) >= 11 is 0. The Morgan fingerprint density at radius 3 is 2.53 bits per heavy atom. The van der Waals surface area contributed by atoms with Gasteiger partial charge in [0.1, 0.15) is 11.3 Å². The maximum Gasteiger partial charge on any atom is 0.225 e. The first-order chi connectivity index (χ1) is 14.7. The number of fused-ring (bicyclic) bond motifs is 3. The van der Waals surface area contributed by atoms with Crippen molar-refractivity contribution in [2.45, 2.75) is 0 Å². The fraction of sp³-hybridized carbons (Fsp3) is 0.300. The van der Waals surface area contributed by atoms with Gasteiger partial charge in [-0.25, -0.2) is 15.0 Å². The first-order valence-electron chi connectivity index (χ1n) is 9.69. The van der Waals surface area contributed by atoms with Crippen molar-refractivity contribution < 1.29 is 9.57 Å². The molecule has 0 aliphatic carbocycles. The van der Waals surface area contributed by atoms with Crippen LogP contribution in [0.25, 0.3) is 21.8 Å². The van der Waals surface area contributed by atoms with Gasteiger partial charge in [0, 0.05) is 37.0 Å². The van der Waals surface area contributed by atoms with E-state index in [2.05, 4.69) is 30.4 Å². The average molecular weight is 406 g/mol. The van der Waals surface area contributed by atoms with Crippen molar-refractivity contribution >= 4 is 39.3 Å². The van der Waals surface area contributed by atoms with Crippen LogP contribution in [0, 0.1) is 0 Å². The quantitative estimate of drug-likeness (QED) is 0.517. The van der Waals surface area contributed by atoms with E-state index in [0.29, 0.717) is 11.8 Å². The van der Waals surface area contributed by atoms with Gasteiger partial charge in [-0.1, -0.05) is 0 Å². The molecule has 10 heteroatoms. The van der Waals surface area contributed by atoms with Crippen LogP contribution >= 0.6 is 0 Å². The summed E-state index contributed by atoms with van der Waals surface area (Å²) in [6, 6.07) is 5.79. The number of H-pyrrole nitrogens is 1. The van der Waals surface area contributed by atoms with Crippen LogP contribution in [0.2, 0.25) is 0 Å². The summed E-state index contributed by atoms with van der Waals surface area (Å²) in [4.78, 5) is 21.2. The summed E-state index contributed by atoms with van der Waals surface area (Å²) in [5, 5.41) is 14.4. The molecule has 10 nitrogen and oxygen atoms in total. The van der Waals surface area contributed by atoms with Crippen molar-refractivity contribution in [1.29, 1.82) is 0 Å². The second-order valence-electron chi connectivity index (χ2n) is 7.00. The van der Waals surface area contributed by atoms with E-state index in [1.165, 1.54) is 0 Å². The van der Waals surface area contributed by atoms with Gasteiger partial charge in [0.05, 0.1) is 44.0 Å². The fourth-order valence-electron chi connectivity index (χ4n) is 3.65. The van der Waals surface area contributed by atoms with Crippen molar-refractivity contribution in [3.63, 3.8) is 0 Å². The van der Waals surface area contributed by atoms with Gasteiger partial charge in [-0.2, -0.15) is 10.2 Å². The zero-order valence-electron chi connectivity index (χ0n) is 16.8. The highest BCUT2D eigenvalue weighted by Gasteiger charge is 2.19. The van der Waals surface area contributed by atoms with Crippen molar-refractivity contribution in [2.75, 3.05) is 50.6 Å². The van der Waals surface area contributed by atoms with Crippen LogP contribution in [0.3, 0.4) is 0 Å². The molecule has 1 saturated heterocycles. The summed E-state index contributed by atoms with van der Waals surface area (Å²) in [5.74, 6) is 2.16. The van der Waals surface area contributed by atoms with Gasteiger partial charge in [0.15, 0.2) is 5.82 Å². The number of aromatic amines is 1. The predicted molar refractivity (Wildman–Crippen MR) is 114 cm³/mol. The van der Waals surface area contributed by atoms with Crippen LogP contribution in [0.4, 0.5) is 17.5 Å². The van der Waals surface area contributed by atoms with Crippen LogP contribution in [0.5, 0.6) is 5.75 Å². The number of hydrogen-bond acceptors (Lipinski definition) is 9. The Labute approximate surface area is 172 Å². The lowest BCUT2D eigenvalue weighted by Gasteiger charge is -2.32. The van der Waals surface area contributed by atoms with Crippen molar-refractivity contribution in [3.8, 4) is 5.75 Å². The van der Waals surface area contributed by atoms with Crippen LogP contribution < -0.4 is 15.0 Å². The Balaban J connectivity index is 1.41. The van der Waals surface area contributed by atoms with E-state index in [1.807, 2.05) is 23.3 Å². The van der Waals surface area contributed by atoms with Gasteiger partial charge in [-0.3, -0.25) is 5.10 Å². The van der Waals surface area contributed by atoms with Gasteiger partial charge < -0.3 is 19.8 Å². The van der Waals surface area contributed by atoms with Gasteiger partial charge in [-0.15, -0.1) is 0 Å². The maximum absolute atomic E-state index is 5.34. The number of rotatable bonds is 5. The third kappa shape index (κ3) is 3.36. The number of pyridine rings is 1. The number of methoxy groups -OCH3 is 1. The Hall–Kier alpha value is -3.50. The summed E-state index contributed by atoms with van der Waals surface area (Å²) in [5.41, 5.74) is 2.42. The van der Waals surface area contributed by atoms with Crippen LogP contribution in [0.15, 0.2) is 36.8 Å². The third-order valence-corrected chi connectivity index (χ3v) is 5.28. The van der Waals surface area contributed by atoms with Gasteiger partial charge >= 0.3 is 0 Å². The standard InChI is InChI=1S/C20H22N8O2/c1-29-14-3-4-17-15(9-14)16-12-23-26-18(16)19(25-17)24-13-10-21-20(22-11-13)27-5-7-28(30-2)8-6-27/h3-4,9-12H,5-8H2,1-2H3,(H,23,26)(H,24,25). The molecule has 0 radical (unpaired) electrons. The molecule has 0 spiro atoms. The molecule has 4 aromatic rings. The highest BCUT2D eigenvalue weighted by molar-refractivity contribution is 6.09. The Morgan fingerprint density at radius 1 is 1.00 bits per heavy atom. The topological polar surface area (TPSA) is 104 Å². The van der Waals surface area contributed by atoms with Gasteiger partial charge in [-0.05, 0) is 18.2 Å². The number of nitrogens with one attached hydrogen (secondary N) is 2. The van der Waals surface area contributed by atoms with E-state index in [4.69, 9.17) is 14.6 Å². The minimum absolute atomic E-state index is 0.672. The fourth-order valence-corrected chi connectivity index (χ4v) is 3.65. The average Bonchev–Trinajstić information content (AvgIpc) is 3.30. The molecule has 4 heterocycles. The van der Waals surface area contributed by atoms with Crippen LogP contribution in [-0.4, -0.2) is 70.6 Å². The number of piperazine rings is 1. The third-order valence-electron chi connectivity index (χ3n) is 5.28. The Bertz CT molecular complexity index is 1170. The normalized spacial score (nSPS) is 15.1. The van der Waals surface area contributed by atoms with E-state index in [0.717, 1.165) is 59.4 Å². The summed E-state index contributed by atoms with van der Waals surface area (Å²) < 4.78 is 5.34. The first-order valence-corrected chi connectivity index (χ1v) is 9.69. The second-order valence-corrected chi connectivity index (χ2v) is 7.00. The van der Waals surface area contributed by atoms with E-state index < -0.39 is 0 Å². The van der Waals surface area contributed by atoms with E-state index in [-0.39, 0.29) is 0 Å². The second kappa shape index (κ2) is 7.73. The smallest absolute Gasteiger partial charge is 0.225 e. The van der Waals surface area contributed by atoms with Crippen LogP contribution in [0.1, 0.15) is 0 Å². The molecule has 0 saturated carbocycles. The zero-order valence-corrected chi connectivity index (χ0v) is 16.8. The molecule has 30 heavy (non-hydrogen) atoms. The number of anilines is 3. The monoisotopic (exact) mass is 406 g/mol. The highest BCUT2D eigenvalue weighted by atomic mass is 16.7. The van der Waals surface area contributed by atoms with Crippen molar-refractivity contribution in [2.24, 2.45) is 0 Å². The largest absolute Gasteiger partial charge is 0.497 e. The molecule has 1 aliphatic rings. The minimum atomic E-state index is 0.672. The van der Waals surface area contributed by atoms with E-state index in [9.17, 15) is 0 Å². The summed E-state index contributed by atoms with van der Waals surface area (Å²) in [6.45, 7) is 3.29. The number of nitrogens with zero attached hydrogens (tertiary/aromatic N) is 6. The SMILES string of the molecule is COc1ccc2nc(Nc3cnc(N4CCN(OC)CC4)nc3)c3[nH]ncc3c2c1. The van der Waals surface area contributed by atoms with Crippen molar-refractivity contribution in [1.82, 2.24) is 30.2 Å². The van der Waals surface area contributed by atoms with E-state index >= 15 is 0 Å². The van der Waals surface area contributed by atoms with Gasteiger partial charge in [0.25, 0.3) is 0 Å². The number of hydrogen-bond donors (Lipinski definition) is 2. The van der Waals surface area contributed by atoms with E-state index in [1.54, 1.807) is 32.8 Å². The maximum atomic E-state index is 5.34. The lowest BCUT2D eigenvalue weighted by molar-refractivity contribution is -0.133. The molecule has 2 N–H and O–H groups in total. The molecule has 5 rings (SSSR count). The molecule has 3 aromatic heterocycles. The zero-order chi connectivity index (χ0) is 20.5. The number of benzene rings is 1.